The van der Waals surface area contributed by atoms with Crippen LogP contribution in [0, 0.1) is 25.8 Å². The summed E-state index contributed by atoms with van der Waals surface area (Å²) in [5, 5.41) is 18.7. The maximum absolute atomic E-state index is 13.2. The van der Waals surface area contributed by atoms with Crippen LogP contribution in [-0.4, -0.2) is 42.0 Å². The molecule has 177 valence electrons. The standard InChI is InChI=1S/C26H30N3O4.Y/c1-17-11-12-23(18(2)13-17)29-24(19-7-4-3-5-8-19)14-22(28-29)26(32)27-21-10-6-9-20(21)15-33-16-25(30)31;/h4-5,7-8,11-13,20-21,24H,6,9-10,14-16H2,1-2H3,(H,27,32)(H,30,31);/q-1;. The van der Waals surface area contributed by atoms with E-state index >= 15 is 0 Å². The molecule has 4 rings (SSSR count). The summed E-state index contributed by atoms with van der Waals surface area (Å²) in [4.78, 5) is 23.9. The number of hydrazone groups is 1. The minimum Gasteiger partial charge on any atom is -0.480 e. The summed E-state index contributed by atoms with van der Waals surface area (Å²) < 4.78 is 5.30. The first-order valence-corrected chi connectivity index (χ1v) is 11.4. The van der Waals surface area contributed by atoms with E-state index in [1.807, 2.05) is 29.3 Å². The van der Waals surface area contributed by atoms with E-state index < -0.39 is 5.97 Å². The van der Waals surface area contributed by atoms with Crippen molar-refractivity contribution in [2.24, 2.45) is 11.0 Å². The van der Waals surface area contributed by atoms with Gasteiger partial charge in [0.2, 0.25) is 0 Å². The number of nitrogens with zero attached hydrogens (tertiary/aromatic N) is 2. The molecule has 0 aromatic heterocycles. The Morgan fingerprint density at radius 2 is 1.97 bits per heavy atom. The Hall–Kier alpha value is -2.09. The molecule has 1 aliphatic carbocycles. The third-order valence-electron chi connectivity index (χ3n) is 6.43. The van der Waals surface area contributed by atoms with Crippen LogP contribution in [0.1, 0.15) is 48.4 Å². The van der Waals surface area contributed by atoms with Crippen LogP contribution in [0.25, 0.3) is 0 Å². The van der Waals surface area contributed by atoms with Gasteiger partial charge in [-0.2, -0.15) is 35.4 Å². The molecule has 1 radical (unpaired) electrons. The van der Waals surface area contributed by atoms with Gasteiger partial charge in [-0.3, -0.25) is 9.80 Å². The SMILES string of the molecule is Cc1ccc(N2N=C(C(=O)NC3CCCC3COCC(=O)O)CC2c2cc[c-]cc2)c(C)c1.[Y]. The summed E-state index contributed by atoms with van der Waals surface area (Å²) in [7, 11) is 0. The van der Waals surface area contributed by atoms with E-state index in [-0.39, 0.29) is 63.2 Å². The molecule has 7 nitrogen and oxygen atoms in total. The average molecular weight is 537 g/mol. The molecule has 0 bridgehead atoms. The van der Waals surface area contributed by atoms with E-state index in [0.29, 0.717) is 18.7 Å². The number of anilines is 1. The first kappa shape index (κ1) is 26.5. The average Bonchev–Trinajstić information content (AvgIpc) is 3.41. The fourth-order valence-corrected chi connectivity index (χ4v) is 4.79. The predicted octanol–water partition coefficient (Wildman–Crippen LogP) is 3.79. The van der Waals surface area contributed by atoms with Crippen LogP contribution in [0.4, 0.5) is 5.69 Å². The number of ether oxygens (including phenoxy) is 1. The number of carboxylic acid groups (broad SMARTS) is 1. The molecular formula is C26H30N3O4Y-. The molecule has 8 heteroatoms. The molecule has 1 saturated carbocycles. The number of carboxylic acids is 1. The van der Waals surface area contributed by atoms with Gasteiger partial charge in [-0.1, -0.05) is 24.1 Å². The molecule has 1 heterocycles. The van der Waals surface area contributed by atoms with Crippen molar-refractivity contribution in [3.63, 3.8) is 0 Å². The van der Waals surface area contributed by atoms with E-state index in [4.69, 9.17) is 14.9 Å². The number of carbonyl (C=O) groups is 2. The maximum Gasteiger partial charge on any atom is 0.329 e. The van der Waals surface area contributed by atoms with Gasteiger partial charge in [0, 0.05) is 51.1 Å². The van der Waals surface area contributed by atoms with Crippen LogP contribution in [0.3, 0.4) is 0 Å². The topological polar surface area (TPSA) is 91.2 Å². The zero-order valence-electron chi connectivity index (χ0n) is 19.7. The Morgan fingerprint density at radius 1 is 1.21 bits per heavy atom. The van der Waals surface area contributed by atoms with Gasteiger partial charge in [-0.15, -0.1) is 5.56 Å². The smallest absolute Gasteiger partial charge is 0.329 e. The molecular weight excluding hydrogens is 507 g/mol. The Balaban J connectivity index is 0.00000324. The number of aliphatic carboxylic acids is 1. The Bertz CT molecular complexity index is 1040. The molecule has 2 aromatic carbocycles. The van der Waals surface area contributed by atoms with Gasteiger partial charge < -0.3 is 15.2 Å². The zero-order chi connectivity index (χ0) is 23.4. The normalized spacial score (nSPS) is 21.6. The second-order valence-electron chi connectivity index (χ2n) is 8.91. The molecule has 2 N–H and O–H groups in total. The van der Waals surface area contributed by atoms with Crippen LogP contribution >= 0.6 is 0 Å². The molecule has 3 unspecified atom stereocenters. The minimum absolute atomic E-state index is 0. The Labute approximate surface area is 225 Å². The number of amides is 1. The van der Waals surface area contributed by atoms with Crippen molar-refractivity contribution in [3.05, 3.63) is 65.2 Å². The Kier molecular flexibility index (Phi) is 9.40. The van der Waals surface area contributed by atoms with Crippen LogP contribution in [0.15, 0.2) is 47.6 Å². The quantitative estimate of drug-likeness (QED) is 0.500. The van der Waals surface area contributed by atoms with Crippen molar-refractivity contribution < 1.29 is 52.1 Å². The molecule has 1 aliphatic heterocycles. The predicted molar refractivity (Wildman–Crippen MR) is 126 cm³/mol. The summed E-state index contributed by atoms with van der Waals surface area (Å²) in [6.45, 7) is 4.14. The Morgan fingerprint density at radius 3 is 2.68 bits per heavy atom. The van der Waals surface area contributed by atoms with E-state index in [9.17, 15) is 9.59 Å². The van der Waals surface area contributed by atoms with Crippen molar-refractivity contribution in [3.8, 4) is 0 Å². The zero-order valence-corrected chi connectivity index (χ0v) is 22.5. The molecule has 0 saturated heterocycles. The number of hydrogen-bond donors (Lipinski definition) is 2. The number of hydrogen-bond acceptors (Lipinski definition) is 5. The van der Waals surface area contributed by atoms with Crippen molar-refractivity contribution in [1.29, 1.82) is 0 Å². The van der Waals surface area contributed by atoms with Gasteiger partial charge in [-0.25, -0.2) is 4.79 Å². The summed E-state index contributed by atoms with van der Waals surface area (Å²) in [5.74, 6) is -1.03. The van der Waals surface area contributed by atoms with Crippen LogP contribution in [-0.2, 0) is 47.0 Å². The first-order valence-electron chi connectivity index (χ1n) is 11.4. The van der Waals surface area contributed by atoms with Crippen molar-refractivity contribution in [1.82, 2.24) is 5.32 Å². The number of rotatable bonds is 8. The summed E-state index contributed by atoms with van der Waals surface area (Å²) in [6.07, 6.45) is 3.26. The van der Waals surface area contributed by atoms with Crippen LogP contribution in [0.5, 0.6) is 0 Å². The fourth-order valence-electron chi connectivity index (χ4n) is 4.79. The van der Waals surface area contributed by atoms with Crippen molar-refractivity contribution >= 4 is 23.3 Å². The van der Waals surface area contributed by atoms with E-state index in [1.54, 1.807) is 0 Å². The van der Waals surface area contributed by atoms with Crippen molar-refractivity contribution in [2.75, 3.05) is 18.2 Å². The maximum atomic E-state index is 13.2. The third-order valence-corrected chi connectivity index (χ3v) is 6.43. The van der Waals surface area contributed by atoms with E-state index in [0.717, 1.165) is 36.1 Å². The van der Waals surface area contributed by atoms with Gasteiger partial charge in [0.25, 0.3) is 5.91 Å². The van der Waals surface area contributed by atoms with Gasteiger partial charge in [0.05, 0.1) is 18.3 Å². The summed E-state index contributed by atoms with van der Waals surface area (Å²) in [6, 6.07) is 17.0. The largest absolute Gasteiger partial charge is 0.480 e. The molecule has 34 heavy (non-hydrogen) atoms. The molecule has 2 aliphatic rings. The van der Waals surface area contributed by atoms with Gasteiger partial charge in [0.15, 0.2) is 0 Å². The van der Waals surface area contributed by atoms with Gasteiger partial charge in [0.1, 0.15) is 12.3 Å². The first-order chi connectivity index (χ1) is 15.9. The molecule has 3 atom stereocenters. The molecule has 0 spiro atoms. The molecule has 2 aromatic rings. The number of aryl methyl sites for hydroxylation is 2. The second kappa shape index (κ2) is 12.0. The molecule has 1 amide bonds. The van der Waals surface area contributed by atoms with E-state index in [1.165, 1.54) is 5.56 Å². The van der Waals surface area contributed by atoms with E-state index in [2.05, 4.69) is 43.4 Å². The van der Waals surface area contributed by atoms with Crippen LogP contribution in [0.2, 0.25) is 0 Å². The summed E-state index contributed by atoms with van der Waals surface area (Å²) in [5.41, 5.74) is 4.87. The van der Waals surface area contributed by atoms with Gasteiger partial charge >= 0.3 is 5.97 Å². The third kappa shape index (κ3) is 6.32. The number of benzene rings is 2. The van der Waals surface area contributed by atoms with Crippen LogP contribution < -0.4 is 10.3 Å². The minimum atomic E-state index is -0.982. The summed E-state index contributed by atoms with van der Waals surface area (Å²) >= 11 is 0. The fraction of sp³-hybridized carbons (Fsp3) is 0.423. The number of nitrogens with one attached hydrogen (secondary N) is 1. The van der Waals surface area contributed by atoms with Gasteiger partial charge in [-0.05, 0) is 38.3 Å². The molecule has 1 fully saturated rings. The second-order valence-corrected chi connectivity index (χ2v) is 8.91. The van der Waals surface area contributed by atoms with Crippen molar-refractivity contribution in [2.45, 2.75) is 51.6 Å². The monoisotopic (exact) mass is 537 g/mol. The number of carbonyl (C=O) groups excluding carboxylic acids is 1.